The number of carbonyl (C=O) groups is 2. The number of nitrogens with zero attached hydrogens (tertiary/aromatic N) is 6. The molecule has 0 atom stereocenters. The predicted octanol–water partition coefficient (Wildman–Crippen LogP) is 10.9. The van der Waals surface area contributed by atoms with E-state index < -0.39 is 28.8 Å². The maximum atomic E-state index is 13.0. The van der Waals surface area contributed by atoms with Crippen molar-refractivity contribution in [3.8, 4) is 34.1 Å². The molecular formula is C42H39Cl2F3N12O4. The maximum Gasteiger partial charge on any atom is 0.417 e. The molecule has 0 saturated carbocycles. The van der Waals surface area contributed by atoms with Gasteiger partial charge in [-0.05, 0) is 69.3 Å². The van der Waals surface area contributed by atoms with Gasteiger partial charge in [0.15, 0.2) is 23.1 Å². The zero-order chi connectivity index (χ0) is 45.5. The summed E-state index contributed by atoms with van der Waals surface area (Å²) in [6.45, 7) is 6.08. The Hall–Kier alpha value is -7.51. The van der Waals surface area contributed by atoms with E-state index in [-0.39, 0.29) is 22.9 Å². The molecule has 7 rings (SSSR count). The fourth-order valence-corrected chi connectivity index (χ4v) is 5.84. The Morgan fingerprint density at radius 2 is 1.21 bits per heavy atom. The number of aromatic nitrogens is 6. The highest BCUT2D eigenvalue weighted by Gasteiger charge is 2.33. The summed E-state index contributed by atoms with van der Waals surface area (Å²) in [6, 6.07) is 18.5. The fraction of sp³-hybridized carbons (Fsp3) is 0.143. The van der Waals surface area contributed by atoms with Gasteiger partial charge >= 0.3 is 18.2 Å². The number of anilines is 6. The number of aryl methyl sites for hydroxylation is 1. The van der Waals surface area contributed by atoms with Crippen LogP contribution in [-0.2, 0) is 18.8 Å². The zero-order valence-corrected chi connectivity index (χ0v) is 35.3. The number of rotatable bonds is 9. The third-order valence-corrected chi connectivity index (χ3v) is 9.00. The largest absolute Gasteiger partial charge is 0.453 e. The second-order valence-corrected chi connectivity index (χ2v) is 15.3. The van der Waals surface area contributed by atoms with Crippen molar-refractivity contribution in [2.45, 2.75) is 32.5 Å². The number of hydrogen-bond acceptors (Lipinski definition) is 10. The molecular weight excluding hydrogens is 864 g/mol. The van der Waals surface area contributed by atoms with E-state index in [0.29, 0.717) is 45.1 Å². The van der Waals surface area contributed by atoms with Crippen molar-refractivity contribution < 1.29 is 32.2 Å². The summed E-state index contributed by atoms with van der Waals surface area (Å²) in [6.07, 6.45) is 5.25. The van der Waals surface area contributed by atoms with Gasteiger partial charge in [-0.2, -0.15) is 23.4 Å². The number of urea groups is 2. The van der Waals surface area contributed by atoms with Crippen molar-refractivity contribution in [3.63, 3.8) is 0 Å². The Kier molecular flexibility index (Phi) is 13.6. The highest BCUT2D eigenvalue weighted by molar-refractivity contribution is 6.31. The van der Waals surface area contributed by atoms with E-state index in [1.165, 1.54) is 18.3 Å². The molecule has 0 aliphatic heterocycles. The lowest BCUT2D eigenvalue weighted by Crippen LogP contribution is -2.22. The summed E-state index contributed by atoms with van der Waals surface area (Å²) in [5.74, 6) is 1.85. The van der Waals surface area contributed by atoms with Crippen LogP contribution in [0.2, 0.25) is 10.0 Å². The van der Waals surface area contributed by atoms with E-state index in [9.17, 15) is 22.8 Å². The van der Waals surface area contributed by atoms with Crippen LogP contribution in [0.4, 0.5) is 57.1 Å². The number of amides is 4. The first-order valence-electron chi connectivity index (χ1n) is 18.6. The number of ether oxygens (including phenoxy) is 2. The average molecular weight is 904 g/mol. The molecule has 0 unspecified atom stereocenters. The molecule has 0 aliphatic rings. The lowest BCUT2D eigenvalue weighted by atomic mass is 10.1. The van der Waals surface area contributed by atoms with Crippen molar-refractivity contribution in [2.24, 2.45) is 7.05 Å². The Bertz CT molecular complexity index is 2760. The van der Waals surface area contributed by atoms with Crippen LogP contribution in [0.3, 0.4) is 0 Å². The number of nitrogens with two attached hydrogens (primary N) is 2. The third kappa shape index (κ3) is 12.5. The molecule has 0 saturated heterocycles. The molecule has 63 heavy (non-hydrogen) atoms. The van der Waals surface area contributed by atoms with Gasteiger partial charge in [0.25, 0.3) is 0 Å². The Labute approximate surface area is 368 Å². The van der Waals surface area contributed by atoms with Crippen molar-refractivity contribution in [1.82, 2.24) is 29.5 Å². The van der Waals surface area contributed by atoms with Crippen LogP contribution in [-0.4, -0.2) is 41.6 Å². The lowest BCUT2D eigenvalue weighted by Gasteiger charge is -2.18. The van der Waals surface area contributed by atoms with Crippen LogP contribution >= 0.6 is 23.2 Å². The summed E-state index contributed by atoms with van der Waals surface area (Å²) in [7, 11) is 1.79. The fourth-order valence-electron chi connectivity index (χ4n) is 5.47. The molecule has 21 heteroatoms. The molecule has 0 aliphatic carbocycles. The van der Waals surface area contributed by atoms with Crippen LogP contribution in [0, 0.1) is 0 Å². The molecule has 7 aromatic rings. The average Bonchev–Trinajstić information content (AvgIpc) is 3.87. The first-order valence-corrected chi connectivity index (χ1v) is 19.3. The van der Waals surface area contributed by atoms with E-state index in [1.807, 2.05) is 27.0 Å². The van der Waals surface area contributed by atoms with Gasteiger partial charge in [0, 0.05) is 78.2 Å². The van der Waals surface area contributed by atoms with E-state index in [0.717, 1.165) is 23.3 Å². The molecule has 0 fully saturated rings. The summed E-state index contributed by atoms with van der Waals surface area (Å²) < 4.78 is 54.1. The number of nitrogen functional groups attached to an aromatic ring is 2. The Morgan fingerprint density at radius 1 is 0.651 bits per heavy atom. The monoisotopic (exact) mass is 902 g/mol. The molecule has 0 radical (unpaired) electrons. The molecule has 4 heterocycles. The maximum absolute atomic E-state index is 13.0. The molecule has 8 N–H and O–H groups in total. The first kappa shape index (κ1) is 45.0. The van der Waals surface area contributed by atoms with Gasteiger partial charge in [-0.25, -0.2) is 19.6 Å². The van der Waals surface area contributed by atoms with Crippen molar-refractivity contribution in [1.29, 1.82) is 0 Å². The van der Waals surface area contributed by atoms with Gasteiger partial charge < -0.3 is 42.2 Å². The Morgan fingerprint density at radius 3 is 1.75 bits per heavy atom. The minimum atomic E-state index is -4.65. The van der Waals surface area contributed by atoms with E-state index >= 15 is 0 Å². The summed E-state index contributed by atoms with van der Waals surface area (Å²) in [4.78, 5) is 32.7. The third-order valence-electron chi connectivity index (χ3n) is 8.47. The molecule has 4 amide bonds. The number of benzene rings is 3. The molecule has 326 valence electrons. The molecule has 3 aromatic carbocycles. The van der Waals surface area contributed by atoms with Crippen LogP contribution < -0.4 is 42.2 Å². The summed E-state index contributed by atoms with van der Waals surface area (Å²) >= 11 is 11.5. The van der Waals surface area contributed by atoms with Crippen molar-refractivity contribution in [2.75, 3.05) is 32.7 Å². The van der Waals surface area contributed by atoms with Crippen LogP contribution in [0.1, 0.15) is 26.3 Å². The molecule has 16 nitrogen and oxygen atoms in total. The standard InChI is InChI=1S/C23H18ClF3N6O2.C19H21ClN6O2/c1-33-12-14(11-30-33)13-7-20(21(28)29-10-13)35-17-4-2-3-15(8-17)31-22(34)32-16-5-6-19(24)18(9-16)23(25,26)27;1-19(2,3)26-11-14(10-23-26)25-18(27)24-13-5-4-6-15(8-13)28-16-7-12(20)9-22-17(16)21/h2-12H,1H3,(H2,28,29)(H2,31,32,34);4-11H,1-3H3,(H2,21,22)(H2,24,25,27). The van der Waals surface area contributed by atoms with Gasteiger partial charge in [0.05, 0.1) is 39.2 Å². The second kappa shape index (κ2) is 19.0. The van der Waals surface area contributed by atoms with Crippen molar-refractivity contribution in [3.05, 3.63) is 132 Å². The smallest absolute Gasteiger partial charge is 0.417 e. The van der Waals surface area contributed by atoms with Gasteiger partial charge in [-0.15, -0.1) is 0 Å². The van der Waals surface area contributed by atoms with Crippen LogP contribution in [0.15, 0.2) is 116 Å². The van der Waals surface area contributed by atoms with Crippen LogP contribution in [0.5, 0.6) is 23.0 Å². The van der Waals surface area contributed by atoms with Gasteiger partial charge in [-0.1, -0.05) is 35.3 Å². The number of carbonyl (C=O) groups excluding carboxylic acids is 2. The van der Waals surface area contributed by atoms with Crippen LogP contribution in [0.25, 0.3) is 11.1 Å². The number of halogens is 5. The summed E-state index contributed by atoms with van der Waals surface area (Å²) in [5, 5.41) is 18.7. The Balaban J connectivity index is 0.000000215. The quantitative estimate of drug-likeness (QED) is 0.0806. The summed E-state index contributed by atoms with van der Waals surface area (Å²) in [5.41, 5.74) is 13.5. The predicted molar refractivity (Wildman–Crippen MR) is 237 cm³/mol. The minimum Gasteiger partial charge on any atom is -0.453 e. The number of alkyl halides is 3. The normalized spacial score (nSPS) is 11.2. The van der Waals surface area contributed by atoms with Crippen molar-refractivity contribution >= 4 is 69.6 Å². The number of nitrogens with one attached hydrogen (secondary N) is 4. The van der Waals surface area contributed by atoms with E-state index in [2.05, 4.69) is 41.4 Å². The highest BCUT2D eigenvalue weighted by Crippen LogP contribution is 2.37. The molecule has 0 spiro atoms. The van der Waals surface area contributed by atoms with E-state index in [4.69, 9.17) is 44.1 Å². The van der Waals surface area contributed by atoms with Gasteiger partial charge in [-0.3, -0.25) is 9.36 Å². The minimum absolute atomic E-state index is 0.0716. The molecule has 4 aromatic heterocycles. The lowest BCUT2D eigenvalue weighted by molar-refractivity contribution is -0.137. The number of hydrogen-bond donors (Lipinski definition) is 6. The first-order chi connectivity index (χ1) is 29.8. The van der Waals surface area contributed by atoms with Gasteiger partial charge in [0.2, 0.25) is 0 Å². The molecule has 0 bridgehead atoms. The second-order valence-electron chi connectivity index (χ2n) is 14.5. The zero-order valence-electron chi connectivity index (χ0n) is 33.8. The topological polar surface area (TPSA) is 214 Å². The van der Waals surface area contributed by atoms with Gasteiger partial charge in [0.1, 0.15) is 11.5 Å². The number of pyridine rings is 2. The highest BCUT2D eigenvalue weighted by atomic mass is 35.5. The van der Waals surface area contributed by atoms with E-state index in [1.54, 1.807) is 95.8 Å². The SMILES string of the molecule is CC(C)(C)n1cc(NC(=O)Nc2cccc(Oc3cc(Cl)cnc3N)c2)cn1.Cn1cc(-c2cnc(N)c(Oc3cccc(NC(=O)Nc4ccc(Cl)c(C(F)(F)F)c4)c3)c2)cn1.